The molecular weight excluding hydrogens is 316 g/mol. The fourth-order valence-corrected chi connectivity index (χ4v) is 3.51. The van der Waals surface area contributed by atoms with Crippen molar-refractivity contribution >= 4 is 5.96 Å². The number of nitrogens with one attached hydrogen (secondary N) is 2. The number of nitrogens with zero attached hydrogens (tertiary/aromatic N) is 2. The van der Waals surface area contributed by atoms with Crippen LogP contribution in [0.25, 0.3) is 0 Å². The average molecular weight is 355 g/mol. The molecule has 0 atom stereocenters. The molecule has 6 heteroatoms. The fourth-order valence-electron chi connectivity index (χ4n) is 3.51. The first-order valence-corrected chi connectivity index (χ1v) is 9.97. The highest BCUT2D eigenvalue weighted by Gasteiger charge is 2.36. The summed E-state index contributed by atoms with van der Waals surface area (Å²) in [5.41, 5.74) is 0.372. The molecule has 0 spiro atoms. The number of rotatable bonds is 13. The minimum Gasteiger partial charge on any atom is -0.385 e. The topological polar surface area (TPSA) is 58.1 Å². The van der Waals surface area contributed by atoms with Gasteiger partial charge in [-0.1, -0.05) is 6.42 Å². The highest BCUT2D eigenvalue weighted by Crippen LogP contribution is 2.44. The summed E-state index contributed by atoms with van der Waals surface area (Å²) >= 11 is 0. The van der Waals surface area contributed by atoms with Crippen LogP contribution in [0.2, 0.25) is 0 Å². The van der Waals surface area contributed by atoms with Crippen LogP contribution < -0.4 is 10.6 Å². The van der Waals surface area contributed by atoms with Crippen LogP contribution in [0.1, 0.15) is 45.4 Å². The van der Waals surface area contributed by atoms with E-state index in [1.165, 1.54) is 32.1 Å². The van der Waals surface area contributed by atoms with Gasteiger partial charge in [0.25, 0.3) is 0 Å². The van der Waals surface area contributed by atoms with Crippen LogP contribution in [0.3, 0.4) is 0 Å². The van der Waals surface area contributed by atoms with Gasteiger partial charge in [-0.3, -0.25) is 9.89 Å². The molecule has 0 unspecified atom stereocenters. The number of guanidine groups is 1. The van der Waals surface area contributed by atoms with Crippen LogP contribution in [0, 0.1) is 5.41 Å². The first-order valence-electron chi connectivity index (χ1n) is 9.97. The van der Waals surface area contributed by atoms with Crippen molar-refractivity contribution in [3.63, 3.8) is 0 Å². The van der Waals surface area contributed by atoms with Crippen LogP contribution in [0.4, 0.5) is 0 Å². The Morgan fingerprint density at radius 3 is 2.44 bits per heavy atom. The molecule has 6 nitrogen and oxygen atoms in total. The second kappa shape index (κ2) is 11.0. The first-order chi connectivity index (χ1) is 12.2. The second-order valence-electron chi connectivity index (χ2n) is 7.48. The summed E-state index contributed by atoms with van der Waals surface area (Å²) in [6.45, 7) is 8.58. The summed E-state index contributed by atoms with van der Waals surface area (Å²) in [6.07, 6.45) is 7.69. The van der Waals surface area contributed by atoms with Gasteiger partial charge in [0.15, 0.2) is 5.96 Å². The van der Waals surface area contributed by atoms with Gasteiger partial charge in [0.05, 0.1) is 6.61 Å². The lowest BCUT2D eigenvalue weighted by molar-refractivity contribution is 0.0778. The van der Waals surface area contributed by atoms with Gasteiger partial charge in [-0.2, -0.15) is 0 Å². The summed E-state index contributed by atoms with van der Waals surface area (Å²) in [4.78, 5) is 7.41. The van der Waals surface area contributed by atoms with Gasteiger partial charge in [0.2, 0.25) is 0 Å². The Bertz CT molecular complexity index is 395. The molecule has 0 saturated heterocycles. The van der Waals surface area contributed by atoms with Crippen LogP contribution in [-0.4, -0.2) is 77.1 Å². The lowest BCUT2D eigenvalue weighted by Gasteiger charge is -2.40. The van der Waals surface area contributed by atoms with Crippen molar-refractivity contribution in [3.05, 3.63) is 0 Å². The summed E-state index contributed by atoms with van der Waals surface area (Å²) in [5.74, 6) is 0.952. The van der Waals surface area contributed by atoms with E-state index in [1.54, 1.807) is 14.2 Å². The lowest BCUT2D eigenvalue weighted by Crippen LogP contribution is -2.44. The first kappa shape index (κ1) is 20.5. The molecule has 0 aromatic carbocycles. The minimum absolute atomic E-state index is 0.372. The third kappa shape index (κ3) is 7.12. The molecule has 2 N–H and O–H groups in total. The Morgan fingerprint density at radius 1 is 1.12 bits per heavy atom. The monoisotopic (exact) mass is 354 g/mol. The highest BCUT2D eigenvalue weighted by molar-refractivity contribution is 5.79. The van der Waals surface area contributed by atoms with Gasteiger partial charge < -0.3 is 20.1 Å². The third-order valence-electron chi connectivity index (χ3n) is 5.50. The molecule has 0 aliphatic heterocycles. The molecule has 0 aromatic rings. The normalized spacial score (nSPS) is 19.8. The summed E-state index contributed by atoms with van der Waals surface area (Å²) in [7, 11) is 3.57. The van der Waals surface area contributed by atoms with E-state index in [-0.39, 0.29) is 0 Å². The van der Waals surface area contributed by atoms with Gasteiger partial charge in [-0.15, -0.1) is 0 Å². The number of methoxy groups -OCH3 is 2. The highest BCUT2D eigenvalue weighted by atomic mass is 16.5. The Balaban J connectivity index is 1.76. The number of aliphatic imine (C=N–C) groups is 1. The van der Waals surface area contributed by atoms with Gasteiger partial charge in [-0.25, -0.2) is 0 Å². The largest absolute Gasteiger partial charge is 0.385 e. The summed E-state index contributed by atoms with van der Waals surface area (Å²) in [5, 5.41) is 6.90. The van der Waals surface area contributed by atoms with E-state index in [1.807, 2.05) is 0 Å². The summed E-state index contributed by atoms with van der Waals surface area (Å²) < 4.78 is 10.5. The molecule has 0 heterocycles. The van der Waals surface area contributed by atoms with Crippen molar-refractivity contribution in [2.45, 2.75) is 51.5 Å². The Kier molecular flexibility index (Phi) is 8.99. The van der Waals surface area contributed by atoms with Gasteiger partial charge in [0, 0.05) is 59.6 Å². The maximum Gasteiger partial charge on any atom is 0.191 e. The van der Waals surface area contributed by atoms with E-state index >= 15 is 0 Å². The van der Waals surface area contributed by atoms with Crippen LogP contribution in [-0.2, 0) is 9.47 Å². The molecule has 2 aliphatic rings. The molecule has 2 aliphatic carbocycles. The predicted octanol–water partition coefficient (Wildman–Crippen LogP) is 1.86. The second-order valence-corrected chi connectivity index (χ2v) is 7.48. The van der Waals surface area contributed by atoms with E-state index in [0.29, 0.717) is 5.41 Å². The van der Waals surface area contributed by atoms with Gasteiger partial charge in [0.1, 0.15) is 0 Å². The van der Waals surface area contributed by atoms with Crippen molar-refractivity contribution in [2.75, 3.05) is 60.2 Å². The molecule has 0 radical (unpaired) electrons. The van der Waals surface area contributed by atoms with Crippen molar-refractivity contribution in [1.82, 2.24) is 15.5 Å². The number of ether oxygens (including phenoxy) is 2. The van der Waals surface area contributed by atoms with Crippen LogP contribution in [0.15, 0.2) is 4.99 Å². The van der Waals surface area contributed by atoms with Crippen molar-refractivity contribution in [2.24, 2.45) is 10.4 Å². The van der Waals surface area contributed by atoms with E-state index in [0.717, 1.165) is 64.4 Å². The molecule has 25 heavy (non-hydrogen) atoms. The number of hydrogen-bond donors (Lipinski definition) is 2. The lowest BCUT2D eigenvalue weighted by atomic mass is 9.67. The van der Waals surface area contributed by atoms with Crippen molar-refractivity contribution in [3.8, 4) is 0 Å². The Labute approximate surface area is 153 Å². The van der Waals surface area contributed by atoms with Crippen LogP contribution in [0.5, 0.6) is 0 Å². The maximum absolute atomic E-state index is 5.28. The van der Waals surface area contributed by atoms with E-state index in [4.69, 9.17) is 14.5 Å². The molecule has 146 valence electrons. The van der Waals surface area contributed by atoms with Gasteiger partial charge in [-0.05, 0) is 44.4 Å². The third-order valence-corrected chi connectivity index (χ3v) is 5.50. The van der Waals surface area contributed by atoms with Crippen molar-refractivity contribution < 1.29 is 9.47 Å². The molecular formula is C19H38N4O2. The fraction of sp³-hybridized carbons (Fsp3) is 0.947. The standard InChI is InChI=1S/C19H38N4O2/c1-4-20-18(22-16-19(8-5-9-19)10-14-24-2)21-11-12-23(13-15-25-3)17-6-7-17/h17H,4-16H2,1-3H3,(H2,20,21,22). The molecule has 0 bridgehead atoms. The van der Waals surface area contributed by atoms with Crippen molar-refractivity contribution in [1.29, 1.82) is 0 Å². The quantitative estimate of drug-likeness (QED) is 0.391. The molecule has 0 amide bonds. The number of hydrogen-bond acceptors (Lipinski definition) is 4. The summed E-state index contributed by atoms with van der Waals surface area (Å²) in [6, 6.07) is 0.767. The molecule has 2 fully saturated rings. The Morgan fingerprint density at radius 2 is 1.88 bits per heavy atom. The zero-order chi connectivity index (χ0) is 18.0. The smallest absolute Gasteiger partial charge is 0.191 e. The average Bonchev–Trinajstić information content (AvgIpc) is 3.41. The Hall–Kier alpha value is -0.850. The molecule has 2 saturated carbocycles. The van der Waals surface area contributed by atoms with Crippen LogP contribution >= 0.6 is 0 Å². The minimum atomic E-state index is 0.372. The maximum atomic E-state index is 5.28. The zero-order valence-electron chi connectivity index (χ0n) is 16.5. The SMILES string of the molecule is CCNC(=NCC1(CCOC)CCC1)NCCN(CCOC)C1CC1. The molecule has 2 rings (SSSR count). The predicted molar refractivity (Wildman–Crippen MR) is 103 cm³/mol. The van der Waals surface area contributed by atoms with E-state index in [9.17, 15) is 0 Å². The zero-order valence-corrected chi connectivity index (χ0v) is 16.5. The van der Waals surface area contributed by atoms with E-state index < -0.39 is 0 Å². The van der Waals surface area contributed by atoms with Gasteiger partial charge >= 0.3 is 0 Å². The van der Waals surface area contributed by atoms with E-state index in [2.05, 4.69) is 22.5 Å². The molecule has 0 aromatic heterocycles.